The van der Waals surface area contributed by atoms with Crippen LogP contribution < -0.4 is 5.73 Å². The van der Waals surface area contributed by atoms with Crippen molar-refractivity contribution in [3.8, 4) is 0 Å². The molecule has 0 aliphatic heterocycles. The minimum Gasteiger partial charge on any atom is -0.396 e. The van der Waals surface area contributed by atoms with E-state index < -0.39 is 5.82 Å². The number of rotatable bonds is 1. The molecule has 2 aromatic heterocycles. The number of nitrogens with zero attached hydrogens (tertiary/aromatic N) is 3. The van der Waals surface area contributed by atoms with Crippen LogP contribution in [0.4, 0.5) is 10.1 Å². The van der Waals surface area contributed by atoms with Crippen LogP contribution >= 0.6 is 0 Å². The smallest absolute Gasteiger partial charge is 0.178 e. The Hall–Kier alpha value is -1.65. The number of fused-ring (bicyclic) bond motifs is 1. The highest BCUT2D eigenvalue weighted by Gasteiger charge is 2.10. The van der Waals surface area contributed by atoms with Gasteiger partial charge in [-0.25, -0.2) is 13.9 Å². The standard InChI is InChI=1S/C9H11FN4/c1-5(2)8-12-9-7(11)3-6(10)4-14(9)13-8/h3-5H,11H2,1-2H3. The molecular formula is C9H11FN4. The Morgan fingerprint density at radius 3 is 2.86 bits per heavy atom. The third kappa shape index (κ3) is 1.30. The zero-order valence-electron chi connectivity index (χ0n) is 8.03. The summed E-state index contributed by atoms with van der Waals surface area (Å²) >= 11 is 0. The van der Waals surface area contributed by atoms with Gasteiger partial charge in [-0.15, -0.1) is 0 Å². The SMILES string of the molecule is CC(C)c1nc2c(N)cc(F)cn2n1. The molecule has 2 heterocycles. The van der Waals surface area contributed by atoms with Crippen LogP contribution in [-0.2, 0) is 0 Å². The predicted molar refractivity (Wildman–Crippen MR) is 51.4 cm³/mol. The van der Waals surface area contributed by atoms with Crippen LogP contribution in [0.3, 0.4) is 0 Å². The first-order valence-corrected chi connectivity index (χ1v) is 4.39. The fraction of sp³-hybridized carbons (Fsp3) is 0.333. The zero-order valence-corrected chi connectivity index (χ0v) is 8.03. The Morgan fingerprint density at radius 1 is 1.50 bits per heavy atom. The summed E-state index contributed by atoms with van der Waals surface area (Å²) in [7, 11) is 0. The number of aromatic nitrogens is 3. The van der Waals surface area contributed by atoms with Gasteiger partial charge in [-0.05, 0) is 0 Å². The molecule has 5 heteroatoms. The minimum atomic E-state index is -0.407. The molecule has 2 aromatic rings. The Bertz CT molecular complexity index is 475. The van der Waals surface area contributed by atoms with Gasteiger partial charge in [0.25, 0.3) is 0 Å². The van der Waals surface area contributed by atoms with Crippen molar-refractivity contribution < 1.29 is 4.39 Å². The first kappa shape index (κ1) is 8.93. The van der Waals surface area contributed by atoms with E-state index in [4.69, 9.17) is 5.73 Å². The van der Waals surface area contributed by atoms with Crippen molar-refractivity contribution in [3.05, 3.63) is 23.9 Å². The van der Waals surface area contributed by atoms with Crippen LogP contribution in [0.25, 0.3) is 5.65 Å². The maximum atomic E-state index is 12.9. The lowest BCUT2D eigenvalue weighted by Gasteiger charge is -1.95. The second kappa shape index (κ2) is 2.94. The molecule has 0 saturated carbocycles. The van der Waals surface area contributed by atoms with Crippen molar-refractivity contribution >= 4 is 11.3 Å². The first-order chi connectivity index (χ1) is 6.58. The van der Waals surface area contributed by atoms with Crippen LogP contribution in [-0.4, -0.2) is 14.6 Å². The van der Waals surface area contributed by atoms with Gasteiger partial charge < -0.3 is 5.73 Å². The molecule has 0 fully saturated rings. The molecular weight excluding hydrogens is 183 g/mol. The number of halogens is 1. The summed E-state index contributed by atoms with van der Waals surface area (Å²) in [6.45, 7) is 3.95. The summed E-state index contributed by atoms with van der Waals surface area (Å²) in [5.74, 6) is 0.467. The summed E-state index contributed by atoms with van der Waals surface area (Å²) in [4.78, 5) is 4.21. The number of hydrogen-bond donors (Lipinski definition) is 1. The molecule has 0 saturated heterocycles. The minimum absolute atomic E-state index is 0.206. The fourth-order valence-electron chi connectivity index (χ4n) is 1.24. The van der Waals surface area contributed by atoms with Gasteiger partial charge in [0.05, 0.1) is 11.9 Å². The molecule has 0 atom stereocenters. The molecule has 0 aromatic carbocycles. The van der Waals surface area contributed by atoms with Crippen LogP contribution in [0.15, 0.2) is 12.3 Å². The van der Waals surface area contributed by atoms with Crippen molar-refractivity contribution in [2.75, 3.05) is 5.73 Å². The quantitative estimate of drug-likeness (QED) is 0.749. The molecule has 4 nitrogen and oxygen atoms in total. The van der Waals surface area contributed by atoms with E-state index in [0.29, 0.717) is 17.2 Å². The second-order valence-corrected chi connectivity index (χ2v) is 3.51. The van der Waals surface area contributed by atoms with Gasteiger partial charge in [-0.1, -0.05) is 13.8 Å². The summed E-state index contributed by atoms with van der Waals surface area (Å²) in [5, 5.41) is 4.12. The van der Waals surface area contributed by atoms with Crippen LogP contribution in [0.5, 0.6) is 0 Å². The lowest BCUT2D eigenvalue weighted by atomic mass is 10.2. The van der Waals surface area contributed by atoms with Crippen molar-refractivity contribution in [2.24, 2.45) is 0 Å². The third-order valence-electron chi connectivity index (χ3n) is 1.96. The van der Waals surface area contributed by atoms with E-state index in [9.17, 15) is 4.39 Å². The number of nitrogen functional groups attached to an aromatic ring is 1. The molecule has 0 spiro atoms. The normalized spacial score (nSPS) is 11.4. The van der Waals surface area contributed by atoms with Crippen LogP contribution in [0.2, 0.25) is 0 Å². The average Bonchev–Trinajstić information content (AvgIpc) is 2.47. The first-order valence-electron chi connectivity index (χ1n) is 4.39. The predicted octanol–water partition coefficient (Wildman–Crippen LogP) is 1.57. The monoisotopic (exact) mass is 194 g/mol. The van der Waals surface area contributed by atoms with E-state index in [1.807, 2.05) is 13.8 Å². The summed E-state index contributed by atoms with van der Waals surface area (Å²) in [6, 6.07) is 1.24. The molecule has 0 amide bonds. The van der Waals surface area contributed by atoms with Gasteiger partial charge in [0.2, 0.25) is 0 Å². The topological polar surface area (TPSA) is 56.2 Å². The highest BCUT2D eigenvalue weighted by Crippen LogP contribution is 2.16. The van der Waals surface area contributed by atoms with E-state index in [-0.39, 0.29) is 5.92 Å². The molecule has 0 unspecified atom stereocenters. The summed E-state index contributed by atoms with van der Waals surface area (Å²) in [6.07, 6.45) is 1.27. The summed E-state index contributed by atoms with van der Waals surface area (Å²) < 4.78 is 14.3. The molecule has 14 heavy (non-hydrogen) atoms. The van der Waals surface area contributed by atoms with Crippen LogP contribution in [0.1, 0.15) is 25.6 Å². The average molecular weight is 194 g/mol. The Kier molecular flexibility index (Phi) is 1.87. The lowest BCUT2D eigenvalue weighted by Crippen LogP contribution is -1.95. The van der Waals surface area contributed by atoms with Crippen molar-refractivity contribution in [1.82, 2.24) is 14.6 Å². The second-order valence-electron chi connectivity index (χ2n) is 3.51. The third-order valence-corrected chi connectivity index (χ3v) is 1.96. The van der Waals surface area contributed by atoms with E-state index in [1.165, 1.54) is 16.8 Å². The van der Waals surface area contributed by atoms with Gasteiger partial charge in [0, 0.05) is 12.0 Å². The molecule has 0 aliphatic carbocycles. The van der Waals surface area contributed by atoms with Gasteiger partial charge in [-0.2, -0.15) is 5.10 Å². The number of anilines is 1. The van der Waals surface area contributed by atoms with Gasteiger partial charge in [-0.3, -0.25) is 0 Å². The molecule has 74 valence electrons. The van der Waals surface area contributed by atoms with Crippen molar-refractivity contribution in [1.29, 1.82) is 0 Å². The molecule has 0 radical (unpaired) electrons. The number of pyridine rings is 1. The Labute approximate surface area is 80.6 Å². The number of nitrogens with two attached hydrogens (primary N) is 1. The van der Waals surface area contributed by atoms with Gasteiger partial charge >= 0.3 is 0 Å². The largest absolute Gasteiger partial charge is 0.396 e. The Morgan fingerprint density at radius 2 is 2.21 bits per heavy atom. The molecule has 2 rings (SSSR count). The van der Waals surface area contributed by atoms with Crippen molar-refractivity contribution in [2.45, 2.75) is 19.8 Å². The van der Waals surface area contributed by atoms with E-state index in [1.54, 1.807) is 0 Å². The summed E-state index contributed by atoms with van der Waals surface area (Å²) in [5.41, 5.74) is 6.43. The van der Waals surface area contributed by atoms with Crippen LogP contribution in [0, 0.1) is 5.82 Å². The Balaban J connectivity index is 2.70. The fourth-order valence-corrected chi connectivity index (χ4v) is 1.24. The van der Waals surface area contributed by atoms with E-state index >= 15 is 0 Å². The molecule has 2 N–H and O–H groups in total. The van der Waals surface area contributed by atoms with Gasteiger partial charge in [0.1, 0.15) is 5.82 Å². The zero-order chi connectivity index (χ0) is 10.3. The number of hydrogen-bond acceptors (Lipinski definition) is 3. The van der Waals surface area contributed by atoms with E-state index in [0.717, 1.165) is 0 Å². The lowest BCUT2D eigenvalue weighted by molar-refractivity contribution is 0.614. The molecule has 0 bridgehead atoms. The maximum Gasteiger partial charge on any atom is 0.178 e. The highest BCUT2D eigenvalue weighted by molar-refractivity contribution is 5.63. The van der Waals surface area contributed by atoms with E-state index in [2.05, 4.69) is 10.1 Å². The maximum absolute atomic E-state index is 12.9. The van der Waals surface area contributed by atoms with Crippen molar-refractivity contribution in [3.63, 3.8) is 0 Å². The molecule has 0 aliphatic rings. The van der Waals surface area contributed by atoms with Gasteiger partial charge in [0.15, 0.2) is 11.5 Å². The highest BCUT2D eigenvalue weighted by atomic mass is 19.1.